The van der Waals surface area contributed by atoms with Gasteiger partial charge in [-0.15, -0.1) is 11.3 Å². The molecule has 0 bridgehead atoms. The molecule has 1 saturated heterocycles. The fourth-order valence-corrected chi connectivity index (χ4v) is 5.16. The summed E-state index contributed by atoms with van der Waals surface area (Å²) in [7, 11) is 0. The molecule has 0 atom stereocenters. The van der Waals surface area contributed by atoms with Gasteiger partial charge in [-0.1, -0.05) is 24.3 Å². The summed E-state index contributed by atoms with van der Waals surface area (Å²) in [4.78, 5) is 27.9. The smallest absolute Gasteiger partial charge is 0.264 e. The number of hydrogen-bond acceptors (Lipinski definition) is 5. The molecular formula is C21H20N4OS. The number of hydrogen-bond donors (Lipinski definition) is 0. The van der Waals surface area contributed by atoms with Crippen LogP contribution in [0.1, 0.15) is 20.8 Å². The molecule has 1 aliphatic carbocycles. The zero-order valence-corrected chi connectivity index (χ0v) is 15.8. The Hall–Kier alpha value is -2.73. The molecule has 2 aromatic heterocycles. The number of fused-ring (bicyclic) bond motifs is 3. The highest BCUT2D eigenvalue weighted by Crippen LogP contribution is 2.39. The summed E-state index contributed by atoms with van der Waals surface area (Å²) in [5.74, 6) is 1.04. The molecule has 6 heteroatoms. The number of aryl methyl sites for hydroxylation is 2. The third-order valence-corrected chi connectivity index (χ3v) is 6.58. The Labute approximate surface area is 162 Å². The molecule has 27 heavy (non-hydrogen) atoms. The first-order valence-corrected chi connectivity index (χ1v) is 10.1. The fraction of sp³-hybridized carbons (Fsp3) is 0.286. The molecule has 0 N–H and O–H groups in total. The van der Waals surface area contributed by atoms with Gasteiger partial charge in [-0.25, -0.2) is 4.98 Å². The van der Waals surface area contributed by atoms with Gasteiger partial charge in [-0.2, -0.15) is 0 Å². The molecule has 3 aromatic rings. The monoisotopic (exact) mass is 376 g/mol. The Morgan fingerprint density at radius 3 is 2.63 bits per heavy atom. The third kappa shape index (κ3) is 3.00. The lowest BCUT2D eigenvalue weighted by molar-refractivity contribution is 0.0751. The minimum absolute atomic E-state index is 0.158. The Bertz CT molecular complexity index is 977. The summed E-state index contributed by atoms with van der Waals surface area (Å²) in [6.45, 7) is 3.01. The lowest BCUT2D eigenvalue weighted by Gasteiger charge is -2.35. The van der Waals surface area contributed by atoms with Crippen LogP contribution >= 0.6 is 11.3 Å². The molecule has 5 rings (SSSR count). The van der Waals surface area contributed by atoms with E-state index in [4.69, 9.17) is 0 Å². The van der Waals surface area contributed by atoms with Gasteiger partial charge in [-0.05, 0) is 35.6 Å². The predicted molar refractivity (Wildman–Crippen MR) is 107 cm³/mol. The van der Waals surface area contributed by atoms with E-state index in [0.29, 0.717) is 13.1 Å². The Morgan fingerprint density at radius 2 is 1.81 bits per heavy atom. The highest BCUT2D eigenvalue weighted by atomic mass is 32.1. The van der Waals surface area contributed by atoms with Crippen LogP contribution in [-0.2, 0) is 12.8 Å². The highest BCUT2D eigenvalue weighted by Gasteiger charge is 2.26. The zero-order chi connectivity index (χ0) is 18.2. The Balaban J connectivity index is 1.33. The first kappa shape index (κ1) is 16.4. The van der Waals surface area contributed by atoms with E-state index in [2.05, 4.69) is 45.2 Å². The second kappa shape index (κ2) is 6.78. The Kier molecular flexibility index (Phi) is 4.13. The van der Waals surface area contributed by atoms with Crippen LogP contribution in [0.15, 0.2) is 48.9 Å². The molecule has 0 saturated carbocycles. The van der Waals surface area contributed by atoms with Gasteiger partial charge >= 0.3 is 0 Å². The maximum absolute atomic E-state index is 13.1. The van der Waals surface area contributed by atoms with Gasteiger partial charge in [0.25, 0.3) is 5.91 Å². The van der Waals surface area contributed by atoms with Crippen molar-refractivity contribution in [1.29, 1.82) is 0 Å². The van der Waals surface area contributed by atoms with Crippen LogP contribution < -0.4 is 4.90 Å². The van der Waals surface area contributed by atoms with Crippen LogP contribution in [0.3, 0.4) is 0 Å². The van der Waals surface area contributed by atoms with E-state index in [0.717, 1.165) is 36.6 Å². The lowest BCUT2D eigenvalue weighted by atomic mass is 9.91. The fourth-order valence-electron chi connectivity index (χ4n) is 3.93. The number of carbonyl (C=O) groups excluding carboxylic acids is 1. The molecule has 0 radical (unpaired) electrons. The molecule has 1 aliphatic heterocycles. The van der Waals surface area contributed by atoms with E-state index in [9.17, 15) is 4.79 Å². The summed E-state index contributed by atoms with van der Waals surface area (Å²) in [6, 6.07) is 10.7. The van der Waals surface area contributed by atoms with E-state index >= 15 is 0 Å². The molecule has 2 aliphatic rings. The van der Waals surface area contributed by atoms with Gasteiger partial charge in [0.15, 0.2) is 0 Å². The van der Waals surface area contributed by atoms with E-state index in [-0.39, 0.29) is 5.91 Å². The van der Waals surface area contributed by atoms with Gasteiger partial charge in [0.1, 0.15) is 5.82 Å². The number of rotatable bonds is 2. The van der Waals surface area contributed by atoms with Crippen LogP contribution in [0.5, 0.6) is 0 Å². The SMILES string of the molecule is O=C(c1cc2c(s1)-c1ccccc1CC2)N1CCN(c2cnccn2)CC1. The van der Waals surface area contributed by atoms with Gasteiger partial charge in [0.05, 0.1) is 11.1 Å². The molecule has 0 unspecified atom stereocenters. The molecule has 136 valence electrons. The Morgan fingerprint density at radius 1 is 1.00 bits per heavy atom. The number of nitrogens with zero attached hydrogens (tertiary/aromatic N) is 4. The van der Waals surface area contributed by atoms with Crippen molar-refractivity contribution in [1.82, 2.24) is 14.9 Å². The molecule has 1 aromatic carbocycles. The topological polar surface area (TPSA) is 49.3 Å². The molecule has 1 fully saturated rings. The van der Waals surface area contributed by atoms with Gasteiger partial charge in [0, 0.05) is 43.4 Å². The van der Waals surface area contributed by atoms with Gasteiger partial charge in [0.2, 0.25) is 0 Å². The number of piperazine rings is 1. The van der Waals surface area contributed by atoms with Crippen molar-refractivity contribution < 1.29 is 4.79 Å². The predicted octanol–water partition coefficient (Wildman–Crippen LogP) is 3.27. The van der Waals surface area contributed by atoms with Crippen LogP contribution in [0.2, 0.25) is 0 Å². The van der Waals surface area contributed by atoms with Gasteiger partial charge < -0.3 is 9.80 Å². The van der Waals surface area contributed by atoms with Crippen molar-refractivity contribution >= 4 is 23.1 Å². The number of aromatic nitrogens is 2. The molecule has 0 spiro atoms. The van der Waals surface area contributed by atoms with Crippen LogP contribution in [0.4, 0.5) is 5.82 Å². The maximum atomic E-state index is 13.1. The second-order valence-electron chi connectivity index (χ2n) is 6.97. The van der Waals surface area contributed by atoms with Crippen LogP contribution in [0.25, 0.3) is 10.4 Å². The van der Waals surface area contributed by atoms with E-state index in [1.54, 1.807) is 29.9 Å². The minimum atomic E-state index is 0.158. The molecule has 1 amide bonds. The summed E-state index contributed by atoms with van der Waals surface area (Å²) in [5, 5.41) is 0. The van der Waals surface area contributed by atoms with Crippen molar-refractivity contribution in [3.05, 3.63) is 64.9 Å². The number of amides is 1. The number of benzene rings is 1. The zero-order valence-electron chi connectivity index (χ0n) is 15.0. The first-order valence-electron chi connectivity index (χ1n) is 9.31. The standard InChI is InChI=1S/C21H20N4OS/c26-21(25-11-9-24(10-12-25)19-14-22-7-8-23-19)18-13-16-6-5-15-3-1-2-4-17(15)20(16)27-18/h1-4,7-8,13-14H,5-6,9-12H2. The summed E-state index contributed by atoms with van der Waals surface area (Å²) in [6.07, 6.45) is 7.25. The van der Waals surface area contributed by atoms with Crippen molar-refractivity contribution in [3.8, 4) is 10.4 Å². The van der Waals surface area contributed by atoms with Crippen molar-refractivity contribution in [2.75, 3.05) is 31.1 Å². The maximum Gasteiger partial charge on any atom is 0.264 e. The van der Waals surface area contributed by atoms with Gasteiger partial charge in [-0.3, -0.25) is 9.78 Å². The molecular weight excluding hydrogens is 356 g/mol. The third-order valence-electron chi connectivity index (χ3n) is 5.39. The van der Waals surface area contributed by atoms with E-state index < -0.39 is 0 Å². The quantitative estimate of drug-likeness (QED) is 0.689. The first-order chi connectivity index (χ1) is 13.3. The normalized spacial score (nSPS) is 16.0. The summed E-state index contributed by atoms with van der Waals surface area (Å²) in [5.41, 5.74) is 4.01. The lowest BCUT2D eigenvalue weighted by Crippen LogP contribution is -2.48. The van der Waals surface area contributed by atoms with Crippen molar-refractivity contribution in [2.24, 2.45) is 0 Å². The van der Waals surface area contributed by atoms with Crippen LogP contribution in [0, 0.1) is 0 Å². The summed E-state index contributed by atoms with van der Waals surface area (Å²) >= 11 is 1.65. The van der Waals surface area contributed by atoms with Crippen molar-refractivity contribution in [3.63, 3.8) is 0 Å². The van der Waals surface area contributed by atoms with E-state index in [1.807, 2.05) is 4.90 Å². The number of thiophene rings is 1. The van der Waals surface area contributed by atoms with Crippen molar-refractivity contribution in [2.45, 2.75) is 12.8 Å². The average Bonchev–Trinajstić information content (AvgIpc) is 3.19. The molecule has 5 nitrogen and oxygen atoms in total. The van der Waals surface area contributed by atoms with Crippen LogP contribution in [-0.4, -0.2) is 47.0 Å². The minimum Gasteiger partial charge on any atom is -0.352 e. The molecule has 3 heterocycles. The summed E-state index contributed by atoms with van der Waals surface area (Å²) < 4.78 is 0. The number of anilines is 1. The number of carbonyl (C=O) groups is 1. The average molecular weight is 376 g/mol. The second-order valence-corrected chi connectivity index (χ2v) is 8.02. The largest absolute Gasteiger partial charge is 0.352 e. The highest BCUT2D eigenvalue weighted by molar-refractivity contribution is 7.17. The van der Waals surface area contributed by atoms with E-state index in [1.165, 1.54) is 21.6 Å².